The number of carbonyl (C=O) groups excluding carboxylic acids is 2. The minimum atomic E-state index is -3.88. The van der Waals surface area contributed by atoms with Gasteiger partial charge >= 0.3 is 0 Å². The molecule has 1 aromatic heterocycles. The topological polar surface area (TPSA) is 118 Å². The molecule has 0 aliphatic carbocycles. The molecule has 0 aliphatic rings. The maximum absolute atomic E-state index is 12.6. The number of hydrogen-bond donors (Lipinski definition) is 2. The number of amides is 1. The van der Waals surface area contributed by atoms with E-state index in [4.69, 9.17) is 4.52 Å². The fourth-order valence-electron chi connectivity index (χ4n) is 3.14. The van der Waals surface area contributed by atoms with E-state index >= 15 is 0 Å². The number of carbonyl (C=O) groups is 2. The average molecular weight is 476 g/mol. The monoisotopic (exact) mass is 475 g/mol. The van der Waals surface area contributed by atoms with Gasteiger partial charge in [0.15, 0.2) is 5.78 Å². The second-order valence-corrected chi connectivity index (χ2v) is 9.26. The predicted octanol–water partition coefficient (Wildman–Crippen LogP) is 4.58. The summed E-state index contributed by atoms with van der Waals surface area (Å²) in [6.07, 6.45) is 0. The normalized spacial score (nSPS) is 11.1. The van der Waals surface area contributed by atoms with Gasteiger partial charge in [0, 0.05) is 27.9 Å². The summed E-state index contributed by atoms with van der Waals surface area (Å²) in [6.45, 7) is 3.41. The van der Waals surface area contributed by atoms with Crippen LogP contribution in [0.4, 0.5) is 11.6 Å². The standard InChI is InChI=1S/C25H21N3O5S/c1-16-17(2)27-33-25(16)28-34(31,32)22-14-12-21(13-15-22)26-24(30)20-10-8-19(9-11-20)23(29)18-6-4-3-5-7-18/h3-15,28H,1-2H3,(H,26,30). The first-order valence-electron chi connectivity index (χ1n) is 10.3. The van der Waals surface area contributed by atoms with Gasteiger partial charge in [0.25, 0.3) is 15.9 Å². The van der Waals surface area contributed by atoms with E-state index < -0.39 is 10.0 Å². The van der Waals surface area contributed by atoms with E-state index in [1.165, 1.54) is 24.3 Å². The Labute approximate surface area is 196 Å². The molecule has 172 valence electrons. The lowest BCUT2D eigenvalue weighted by atomic mass is 10.0. The first-order valence-corrected chi connectivity index (χ1v) is 11.8. The van der Waals surface area contributed by atoms with Crippen LogP contribution >= 0.6 is 0 Å². The van der Waals surface area contributed by atoms with Crippen molar-refractivity contribution in [3.8, 4) is 0 Å². The number of benzene rings is 3. The second-order valence-electron chi connectivity index (χ2n) is 7.58. The highest BCUT2D eigenvalue weighted by Gasteiger charge is 2.19. The summed E-state index contributed by atoms with van der Waals surface area (Å²) in [5, 5.41) is 6.44. The maximum atomic E-state index is 12.6. The Balaban J connectivity index is 1.42. The van der Waals surface area contributed by atoms with Crippen LogP contribution in [0.25, 0.3) is 0 Å². The highest BCUT2D eigenvalue weighted by molar-refractivity contribution is 7.92. The highest BCUT2D eigenvalue weighted by Crippen LogP contribution is 2.23. The molecule has 0 atom stereocenters. The van der Waals surface area contributed by atoms with Crippen molar-refractivity contribution in [3.63, 3.8) is 0 Å². The fraction of sp³-hybridized carbons (Fsp3) is 0.0800. The molecule has 8 nitrogen and oxygen atoms in total. The molecule has 3 aromatic carbocycles. The number of nitrogens with one attached hydrogen (secondary N) is 2. The van der Waals surface area contributed by atoms with E-state index in [1.807, 2.05) is 6.07 Å². The third kappa shape index (κ3) is 4.89. The largest absolute Gasteiger partial charge is 0.337 e. The van der Waals surface area contributed by atoms with Gasteiger partial charge in [0.2, 0.25) is 5.88 Å². The molecule has 34 heavy (non-hydrogen) atoms. The summed E-state index contributed by atoms with van der Waals surface area (Å²) in [5.74, 6) is -0.460. The zero-order valence-corrected chi connectivity index (χ0v) is 19.2. The van der Waals surface area contributed by atoms with E-state index in [1.54, 1.807) is 62.4 Å². The Morgan fingerprint density at radius 1 is 0.794 bits per heavy atom. The third-order valence-electron chi connectivity index (χ3n) is 5.25. The van der Waals surface area contributed by atoms with E-state index in [0.717, 1.165) is 0 Å². The van der Waals surface area contributed by atoms with E-state index in [9.17, 15) is 18.0 Å². The van der Waals surface area contributed by atoms with Crippen LogP contribution in [-0.4, -0.2) is 25.3 Å². The zero-order valence-electron chi connectivity index (χ0n) is 18.4. The molecule has 0 saturated carbocycles. The van der Waals surface area contributed by atoms with Gasteiger partial charge in [0.05, 0.1) is 10.6 Å². The van der Waals surface area contributed by atoms with Crippen LogP contribution in [-0.2, 0) is 10.0 Å². The number of ketones is 1. The molecule has 0 unspecified atom stereocenters. The van der Waals surface area contributed by atoms with Crippen LogP contribution in [0, 0.1) is 13.8 Å². The molecule has 0 spiro atoms. The summed E-state index contributed by atoms with van der Waals surface area (Å²) in [6, 6.07) is 20.9. The first-order chi connectivity index (χ1) is 16.2. The Morgan fingerprint density at radius 2 is 1.38 bits per heavy atom. The van der Waals surface area contributed by atoms with Crippen molar-refractivity contribution in [2.24, 2.45) is 0 Å². The van der Waals surface area contributed by atoms with Crippen molar-refractivity contribution in [1.29, 1.82) is 0 Å². The molecule has 2 N–H and O–H groups in total. The summed E-state index contributed by atoms with van der Waals surface area (Å²) in [7, 11) is -3.88. The van der Waals surface area contributed by atoms with Crippen molar-refractivity contribution in [2.45, 2.75) is 18.7 Å². The van der Waals surface area contributed by atoms with Crippen molar-refractivity contribution in [3.05, 3.63) is 107 Å². The molecule has 0 radical (unpaired) electrons. The highest BCUT2D eigenvalue weighted by atomic mass is 32.2. The molecule has 0 fully saturated rings. The van der Waals surface area contributed by atoms with Gasteiger partial charge in [-0.2, -0.15) is 0 Å². The number of anilines is 2. The van der Waals surface area contributed by atoms with Gasteiger partial charge in [-0.3, -0.25) is 9.59 Å². The van der Waals surface area contributed by atoms with Crippen molar-refractivity contribution in [1.82, 2.24) is 5.16 Å². The predicted molar refractivity (Wildman–Crippen MR) is 127 cm³/mol. The number of sulfonamides is 1. The van der Waals surface area contributed by atoms with Crippen LogP contribution in [0.1, 0.15) is 37.5 Å². The van der Waals surface area contributed by atoms with E-state index in [-0.39, 0.29) is 22.5 Å². The van der Waals surface area contributed by atoms with Crippen LogP contribution in [0.3, 0.4) is 0 Å². The van der Waals surface area contributed by atoms with Crippen LogP contribution < -0.4 is 10.0 Å². The number of hydrogen-bond acceptors (Lipinski definition) is 6. The fourth-order valence-corrected chi connectivity index (χ4v) is 4.19. The molecular formula is C25H21N3O5S. The summed E-state index contributed by atoms with van der Waals surface area (Å²) >= 11 is 0. The molecule has 4 aromatic rings. The van der Waals surface area contributed by atoms with Crippen LogP contribution in [0.15, 0.2) is 88.3 Å². The Bertz CT molecular complexity index is 1440. The van der Waals surface area contributed by atoms with Gasteiger partial charge in [-0.15, -0.1) is 0 Å². The van der Waals surface area contributed by atoms with Gasteiger partial charge in [0.1, 0.15) is 0 Å². The molecule has 1 heterocycles. The molecule has 0 aliphatic heterocycles. The molecule has 0 saturated heterocycles. The third-order valence-corrected chi connectivity index (χ3v) is 6.60. The van der Waals surface area contributed by atoms with Gasteiger partial charge in [-0.25, -0.2) is 13.1 Å². The maximum Gasteiger partial charge on any atom is 0.264 e. The van der Waals surface area contributed by atoms with Crippen molar-refractivity contribution >= 4 is 33.3 Å². The zero-order chi connectivity index (χ0) is 24.3. The number of rotatable bonds is 7. The summed E-state index contributed by atoms with van der Waals surface area (Å²) in [5.41, 5.74) is 3.01. The SMILES string of the molecule is Cc1noc(NS(=O)(=O)c2ccc(NC(=O)c3ccc(C(=O)c4ccccc4)cc3)cc2)c1C. The lowest BCUT2D eigenvalue weighted by Crippen LogP contribution is -2.14. The Morgan fingerprint density at radius 3 is 1.97 bits per heavy atom. The quantitative estimate of drug-likeness (QED) is 0.378. The smallest absolute Gasteiger partial charge is 0.264 e. The molecule has 4 rings (SSSR count). The molecule has 1 amide bonds. The minimum Gasteiger partial charge on any atom is -0.337 e. The Hall–Kier alpha value is -4.24. The molecular weight excluding hydrogens is 454 g/mol. The molecule has 9 heteroatoms. The van der Waals surface area contributed by atoms with Crippen LogP contribution in [0.2, 0.25) is 0 Å². The van der Waals surface area contributed by atoms with Gasteiger partial charge < -0.3 is 9.84 Å². The first kappa shape index (κ1) is 22.9. The average Bonchev–Trinajstić information content (AvgIpc) is 3.16. The minimum absolute atomic E-state index is 0.00253. The number of nitrogens with zero attached hydrogens (tertiary/aromatic N) is 1. The van der Waals surface area contributed by atoms with E-state index in [0.29, 0.717) is 33.6 Å². The van der Waals surface area contributed by atoms with Gasteiger partial charge in [-0.05, 0) is 50.2 Å². The molecule has 0 bridgehead atoms. The van der Waals surface area contributed by atoms with E-state index in [2.05, 4.69) is 15.2 Å². The van der Waals surface area contributed by atoms with Crippen molar-refractivity contribution < 1.29 is 22.5 Å². The Kier molecular flexibility index (Phi) is 6.29. The lowest BCUT2D eigenvalue weighted by Gasteiger charge is -2.09. The lowest BCUT2D eigenvalue weighted by molar-refractivity contribution is 0.102. The summed E-state index contributed by atoms with van der Waals surface area (Å²) < 4.78 is 32.6. The second kappa shape index (κ2) is 9.32. The number of aryl methyl sites for hydroxylation is 1. The van der Waals surface area contributed by atoms with Gasteiger partial charge in [-0.1, -0.05) is 47.6 Å². The van der Waals surface area contributed by atoms with Crippen LogP contribution in [0.5, 0.6) is 0 Å². The van der Waals surface area contributed by atoms with Crippen molar-refractivity contribution in [2.75, 3.05) is 10.0 Å². The summed E-state index contributed by atoms with van der Waals surface area (Å²) in [4.78, 5) is 25.1. The number of aromatic nitrogens is 1.